The summed E-state index contributed by atoms with van der Waals surface area (Å²) < 4.78 is 71.4. The molecular weight excluding hydrogens is 1610 g/mol. The first-order chi connectivity index (χ1) is 59.2. The van der Waals surface area contributed by atoms with E-state index in [0.717, 1.165) is 43.4 Å². The Labute approximate surface area is 711 Å². The lowest BCUT2D eigenvalue weighted by Gasteiger charge is -2.36. The second-order valence-corrected chi connectivity index (χ2v) is 30.3. The number of rotatable bonds is 70. The quantitative estimate of drug-likeness (QED) is 0.00979. The van der Waals surface area contributed by atoms with Crippen molar-refractivity contribution in [1.82, 2.24) is 61.5 Å². The monoisotopic (exact) mass is 1740 g/mol. The minimum atomic E-state index is -1.19. The lowest BCUT2D eigenvalue weighted by Crippen LogP contribution is -2.50. The van der Waals surface area contributed by atoms with Gasteiger partial charge in [-0.1, -0.05) is 49.0 Å². The van der Waals surface area contributed by atoms with E-state index in [9.17, 15) is 79.5 Å². The third-order valence-corrected chi connectivity index (χ3v) is 20.6. The summed E-state index contributed by atoms with van der Waals surface area (Å²) in [4.78, 5) is 96.4. The zero-order valence-corrected chi connectivity index (χ0v) is 70.3. The van der Waals surface area contributed by atoms with Crippen LogP contribution in [0.25, 0.3) is 0 Å². The lowest BCUT2D eigenvalue weighted by atomic mass is 9.82. The van der Waals surface area contributed by atoms with Gasteiger partial charge in [-0.05, 0) is 32.1 Å². The largest absolute Gasteiger partial charge is 0.394 e. The highest BCUT2D eigenvalue weighted by Gasteiger charge is 2.40. The van der Waals surface area contributed by atoms with Crippen molar-refractivity contribution in [3.05, 3.63) is 35.9 Å². The van der Waals surface area contributed by atoms with Gasteiger partial charge in [0.05, 0.1) is 212 Å². The van der Waals surface area contributed by atoms with Gasteiger partial charge in [0.15, 0.2) is 0 Å². The third-order valence-electron chi connectivity index (χ3n) is 20.6. The summed E-state index contributed by atoms with van der Waals surface area (Å²) >= 11 is 0. The van der Waals surface area contributed by atoms with Crippen LogP contribution in [0.1, 0.15) is 140 Å². The van der Waals surface area contributed by atoms with Crippen LogP contribution in [0.2, 0.25) is 0 Å². The molecule has 0 unspecified atom stereocenters. The van der Waals surface area contributed by atoms with Crippen LogP contribution in [0, 0.1) is 0 Å². The highest BCUT2D eigenvalue weighted by atomic mass is 16.6. The number of hydrogen-bond acceptors (Lipinski definition) is 35. The number of hydrazone groups is 1. The first-order valence-corrected chi connectivity index (χ1v) is 42.7. The Bertz CT molecular complexity index is 3210. The maximum atomic E-state index is 14.1. The van der Waals surface area contributed by atoms with Crippen molar-refractivity contribution < 1.29 is 136 Å². The standard InChI is InChI=1S/C79H135N15O28/c80-87-57(45-60-48-63(98)76(108)66(54-95)120-60)51-81-20-27-111-33-39-117-40-34-112-28-21-83-70(102)13-16-79(86-73(105)10-8-6-4-2-1-3-5-7-9-69(101)82-19-24-94-74(106)11-12-75(94)107,17-14-71(103)84-22-29-113-35-41-118-43-37-115-31-25-92-52-58(88-90-92)46-61-49-64(99)77(109)67(55-96)121-61)18-15-72(104)85-23-30-114-36-42-119-44-38-116-32-26-93-53-59(89-91-93)47-62-50-65(100)78(110)68(56-97)122-62/h11-12,51-53,60-68,76-78,95-100,108-110H,1-10,13-50,54-56,80H2,(H,82,101)(H,83,102)(H,84,103)(H,85,104)(H,86,105)/t60-,61-,62-,63-,64-,65-,66-,67-,68-,76-,77-,78-/m1/s1. The Morgan fingerprint density at radius 3 is 1.20 bits per heavy atom. The van der Waals surface area contributed by atoms with Crippen molar-refractivity contribution in [2.45, 2.75) is 233 Å². The number of carbonyl (C=O) groups excluding carboxylic acids is 7. The zero-order valence-electron chi connectivity index (χ0n) is 70.3. The van der Waals surface area contributed by atoms with Crippen LogP contribution >= 0.6 is 0 Å². The minimum absolute atomic E-state index is 0.0681. The summed E-state index contributed by atoms with van der Waals surface area (Å²) in [7, 11) is 0. The van der Waals surface area contributed by atoms with E-state index in [1.54, 1.807) is 21.8 Å². The Hall–Kier alpha value is -7.19. The number of carbonyl (C=O) groups is 7. The van der Waals surface area contributed by atoms with Gasteiger partial charge in [0.25, 0.3) is 11.8 Å². The van der Waals surface area contributed by atoms with E-state index in [0.29, 0.717) is 108 Å². The average molecular weight is 1740 g/mol. The van der Waals surface area contributed by atoms with Crippen LogP contribution < -0.4 is 32.4 Å². The molecule has 7 amide bonds. The van der Waals surface area contributed by atoms with Gasteiger partial charge in [0.1, 0.15) is 36.6 Å². The number of nitrogens with two attached hydrogens (primary N) is 1. The number of imide groups is 1. The summed E-state index contributed by atoms with van der Waals surface area (Å²) in [6, 6.07) is 0. The molecule has 43 heteroatoms. The molecule has 2 aromatic rings. The van der Waals surface area contributed by atoms with E-state index in [2.05, 4.69) is 57.3 Å². The first-order valence-electron chi connectivity index (χ1n) is 42.7. The fourth-order valence-electron chi connectivity index (χ4n) is 13.8. The average Bonchev–Trinajstić information content (AvgIpc) is 1.06. The molecule has 2 aromatic heterocycles. The lowest BCUT2D eigenvalue weighted by molar-refractivity contribution is -0.179. The second kappa shape index (κ2) is 62.0. The molecular formula is C79H135N15O28. The molecule has 3 fully saturated rings. The van der Waals surface area contributed by atoms with Crippen molar-refractivity contribution in [2.75, 3.05) is 178 Å². The van der Waals surface area contributed by atoms with Crippen molar-refractivity contribution in [3.8, 4) is 0 Å². The van der Waals surface area contributed by atoms with Crippen LogP contribution in [0.3, 0.4) is 0 Å². The normalized spacial score (nSPS) is 22.0. The van der Waals surface area contributed by atoms with Gasteiger partial charge >= 0.3 is 0 Å². The second-order valence-electron chi connectivity index (χ2n) is 30.3. The van der Waals surface area contributed by atoms with Gasteiger partial charge in [-0.3, -0.25) is 43.5 Å². The molecule has 43 nitrogen and oxygen atoms in total. The van der Waals surface area contributed by atoms with E-state index in [4.69, 9.17) is 62.7 Å². The molecule has 694 valence electrons. The molecule has 0 spiro atoms. The molecule has 3 saturated heterocycles. The Kier molecular flexibility index (Phi) is 52.7. The highest BCUT2D eigenvalue weighted by molar-refractivity contribution is 6.30. The van der Waals surface area contributed by atoms with Gasteiger partial charge in [-0.2, -0.15) is 5.10 Å². The molecule has 16 N–H and O–H groups in total. The van der Waals surface area contributed by atoms with Gasteiger partial charge in [-0.25, -0.2) is 9.36 Å². The molecule has 0 aliphatic carbocycles. The van der Waals surface area contributed by atoms with Gasteiger partial charge < -0.3 is 135 Å². The number of aromatic nitrogens is 6. The Morgan fingerprint density at radius 2 is 0.795 bits per heavy atom. The number of aliphatic hydroxyl groups excluding tert-OH is 9. The Morgan fingerprint density at radius 1 is 0.451 bits per heavy atom. The summed E-state index contributed by atoms with van der Waals surface area (Å²) in [5.74, 6) is 3.27. The van der Waals surface area contributed by atoms with Crippen molar-refractivity contribution in [1.29, 1.82) is 0 Å². The predicted molar refractivity (Wildman–Crippen MR) is 434 cm³/mol. The maximum Gasteiger partial charge on any atom is 0.253 e. The smallest absolute Gasteiger partial charge is 0.253 e. The number of amides is 7. The fourth-order valence-corrected chi connectivity index (χ4v) is 13.8. The van der Waals surface area contributed by atoms with Crippen LogP contribution in [0.15, 0.2) is 34.6 Å². The molecule has 0 bridgehead atoms. The molecule has 6 heterocycles. The Balaban J connectivity index is 0.921. The number of aliphatic hydroxyl groups is 9. The summed E-state index contributed by atoms with van der Waals surface area (Å²) in [5, 5.41) is 124. The maximum absolute atomic E-state index is 14.1. The summed E-state index contributed by atoms with van der Waals surface area (Å²) in [6.45, 7) is 5.32. The minimum Gasteiger partial charge on any atom is -0.394 e. The number of aliphatic imine (C=N–C) groups is 1. The van der Waals surface area contributed by atoms with E-state index in [1.807, 2.05) is 0 Å². The van der Waals surface area contributed by atoms with Crippen LogP contribution in [-0.4, -0.2) is 391 Å². The number of unbranched alkanes of at least 4 members (excludes halogenated alkanes) is 7. The number of hydrogen-bond donors (Lipinski definition) is 15. The number of nitrogens with zero attached hydrogens (tertiary/aromatic N) is 9. The molecule has 4 aliphatic rings. The van der Waals surface area contributed by atoms with Crippen molar-refractivity contribution in [2.24, 2.45) is 15.9 Å². The van der Waals surface area contributed by atoms with Gasteiger partial charge in [-0.15, -0.1) is 10.2 Å². The van der Waals surface area contributed by atoms with Crippen LogP contribution in [0.4, 0.5) is 0 Å². The van der Waals surface area contributed by atoms with E-state index >= 15 is 0 Å². The van der Waals surface area contributed by atoms with E-state index < -0.39 is 110 Å². The number of ether oxygens (including phenoxy) is 12. The molecule has 0 radical (unpaired) electrons. The molecule has 0 saturated carbocycles. The topological polar surface area (TPSA) is 588 Å². The van der Waals surface area contributed by atoms with E-state index in [1.165, 1.54) is 18.4 Å². The molecule has 122 heavy (non-hydrogen) atoms. The highest BCUT2D eigenvalue weighted by Crippen LogP contribution is 2.29. The number of nitrogens with one attached hydrogen (secondary N) is 5. The summed E-state index contributed by atoms with van der Waals surface area (Å²) in [6.07, 6.45) is 5.17. The molecule has 6 rings (SSSR count). The summed E-state index contributed by atoms with van der Waals surface area (Å²) in [5.41, 5.74) is 0.473. The van der Waals surface area contributed by atoms with E-state index in [-0.39, 0.29) is 212 Å². The molecule has 0 aromatic carbocycles. The zero-order chi connectivity index (χ0) is 87.8. The predicted octanol–water partition coefficient (Wildman–Crippen LogP) is -4.32. The first kappa shape index (κ1) is 104. The van der Waals surface area contributed by atoms with Crippen LogP contribution in [-0.2, 0) is 116 Å². The van der Waals surface area contributed by atoms with Crippen molar-refractivity contribution >= 4 is 53.3 Å². The van der Waals surface area contributed by atoms with Crippen molar-refractivity contribution in [3.63, 3.8) is 0 Å². The van der Waals surface area contributed by atoms with Crippen LogP contribution in [0.5, 0.6) is 0 Å². The molecule has 4 aliphatic heterocycles. The molecule has 12 atom stereocenters. The fraction of sp³-hybridized carbons (Fsp3) is 0.810. The SMILES string of the molecule is NN=C(C=NCCOCCOCCOCCNC(=O)CCC(CCC(=O)NCCOCCOCCOCCn1cc(C[C@@H]2C[C@@H](O)[C@@H](O)[C@@H](CO)O2)nn1)(CCC(=O)NCCOCCOCCOCCn1cc(C[C@@H]2C[C@@H](O)[C@@H](O)[C@@H](CO)O2)nn1)NC(=O)CCCCCCCCCCC(=O)NCCN1C(=O)C=CC1=O)C[C@@H]1C[C@@H](O)[C@@H](O)[C@@H](CO)O1. The van der Waals surface area contributed by atoms with Gasteiger partial charge in [0, 0.05) is 140 Å². The van der Waals surface area contributed by atoms with Gasteiger partial charge in [0.2, 0.25) is 29.5 Å². The third kappa shape index (κ3) is 43.1.